The van der Waals surface area contributed by atoms with Gasteiger partial charge >= 0.3 is 0 Å². The van der Waals surface area contributed by atoms with E-state index in [-0.39, 0.29) is 16.2 Å². The van der Waals surface area contributed by atoms with E-state index in [1.54, 1.807) is 0 Å². The van der Waals surface area contributed by atoms with E-state index in [2.05, 4.69) is 233 Å². The highest BCUT2D eigenvalue weighted by Crippen LogP contribution is 2.48. The summed E-state index contributed by atoms with van der Waals surface area (Å²) in [4.78, 5) is 2.51. The molecule has 2 aliphatic rings. The van der Waals surface area contributed by atoms with Gasteiger partial charge in [-0.2, -0.15) is 4.58 Å². The number of nitrogens with zero attached hydrogens (tertiary/aromatic N) is 2. The molecular weight excluding hydrogens is 735 g/mol. The molecule has 0 saturated heterocycles. The second-order valence-electron chi connectivity index (χ2n) is 17.7. The van der Waals surface area contributed by atoms with Crippen LogP contribution in [0, 0.1) is 0 Å². The Bertz CT molecular complexity index is 2410. The Labute approximate surface area is 368 Å². The van der Waals surface area contributed by atoms with Crippen molar-refractivity contribution in [3.8, 4) is 0 Å². The molecule has 0 N–H and O–H groups in total. The first kappa shape index (κ1) is 43.4. The molecular formula is C58H64BN2. The van der Waals surface area contributed by atoms with Crippen LogP contribution in [0.1, 0.15) is 101 Å². The van der Waals surface area contributed by atoms with Crippen molar-refractivity contribution >= 4 is 35.7 Å². The molecule has 6 aromatic rings. The average Bonchev–Trinajstić information content (AvgIpc) is 3.65. The van der Waals surface area contributed by atoms with Crippen LogP contribution in [-0.2, 0) is 16.2 Å². The second-order valence-corrected chi connectivity index (χ2v) is 17.7. The third-order valence-electron chi connectivity index (χ3n) is 13.0. The molecule has 8 rings (SSSR count). The fourth-order valence-electron chi connectivity index (χ4n) is 10.0. The summed E-state index contributed by atoms with van der Waals surface area (Å²) in [5.41, 5.74) is 12.1. The van der Waals surface area contributed by atoms with E-state index in [0.717, 1.165) is 32.4 Å². The van der Waals surface area contributed by atoms with Crippen LogP contribution in [0.4, 0.5) is 11.4 Å². The Morgan fingerprint density at radius 2 is 1.20 bits per heavy atom. The molecule has 6 aromatic carbocycles. The van der Waals surface area contributed by atoms with E-state index in [9.17, 15) is 0 Å². The predicted octanol–water partition coefficient (Wildman–Crippen LogP) is 14.6. The van der Waals surface area contributed by atoms with Crippen molar-refractivity contribution in [1.82, 2.24) is 0 Å². The predicted molar refractivity (Wildman–Crippen MR) is 264 cm³/mol. The molecule has 3 radical (unpaired) electrons. The first-order chi connectivity index (χ1) is 29.7. The minimum atomic E-state index is -0.150. The summed E-state index contributed by atoms with van der Waals surface area (Å²) in [7, 11) is 5.87. The standard InChI is InChI=1S/C36H43N2.C22H21B/c1-7-9-26-38-31-24-23-27-17-13-14-18-28(27)34(31)36(5,6)33(38)22-12-10-11-21-32-35(3,4)29-19-15-16-20-30(29)37(32)25-8-2;23-18-10-17-22(19-11-4-1-5-12-19,20-13-6-2-7-14-20)21-15-8-3-9-16-21/h10-24H,7-9,25-26H2,1-6H3;1-9,11-16H,10,17-18H2/q+1;-1. The third kappa shape index (κ3) is 8.63. The fraction of sp³-hybridized carbons (Fsp3) is 0.293. The molecule has 0 atom stereocenters. The van der Waals surface area contributed by atoms with Crippen LogP contribution in [0.2, 0.25) is 6.32 Å². The smallest absolute Gasteiger partial charge is 0.210 e. The van der Waals surface area contributed by atoms with Crippen molar-refractivity contribution in [2.24, 2.45) is 0 Å². The van der Waals surface area contributed by atoms with Crippen molar-refractivity contribution in [2.45, 2.75) is 96.2 Å². The number of rotatable bonds is 14. The van der Waals surface area contributed by atoms with Gasteiger partial charge in [-0.3, -0.25) is 6.32 Å². The van der Waals surface area contributed by atoms with Crippen LogP contribution in [-0.4, -0.2) is 31.2 Å². The average molecular weight is 800 g/mol. The van der Waals surface area contributed by atoms with E-state index < -0.39 is 0 Å². The van der Waals surface area contributed by atoms with Crippen LogP contribution in [0.5, 0.6) is 0 Å². The highest BCUT2D eigenvalue weighted by molar-refractivity contribution is 6.08. The number of unbranched alkanes of at least 4 members (excludes halogenated alkanes) is 1. The molecule has 0 aromatic heterocycles. The number of para-hydroxylation sites is 1. The van der Waals surface area contributed by atoms with Crippen LogP contribution >= 0.6 is 0 Å². The van der Waals surface area contributed by atoms with Crippen LogP contribution < -0.4 is 4.90 Å². The lowest BCUT2D eigenvalue weighted by atomic mass is 9.66. The van der Waals surface area contributed by atoms with Crippen molar-refractivity contribution in [3.63, 3.8) is 0 Å². The van der Waals surface area contributed by atoms with E-state index in [4.69, 9.17) is 7.85 Å². The van der Waals surface area contributed by atoms with Gasteiger partial charge in [-0.05, 0) is 77.9 Å². The quantitative estimate of drug-likeness (QED) is 0.0460. The van der Waals surface area contributed by atoms with Gasteiger partial charge in [0.2, 0.25) is 5.69 Å². The molecule has 0 amide bonds. The summed E-state index contributed by atoms with van der Waals surface area (Å²) in [6.45, 7) is 16.1. The highest BCUT2D eigenvalue weighted by atomic mass is 15.2. The molecule has 3 heteroatoms. The van der Waals surface area contributed by atoms with Crippen molar-refractivity contribution < 1.29 is 4.58 Å². The summed E-state index contributed by atoms with van der Waals surface area (Å²) < 4.78 is 2.56. The van der Waals surface area contributed by atoms with E-state index in [1.807, 2.05) is 0 Å². The van der Waals surface area contributed by atoms with Gasteiger partial charge in [-0.25, -0.2) is 0 Å². The molecule has 2 heterocycles. The lowest BCUT2D eigenvalue weighted by Crippen LogP contribution is -2.29. The minimum Gasteiger partial charge on any atom is -0.626 e. The normalized spacial score (nSPS) is 16.0. The molecule has 0 unspecified atom stereocenters. The molecule has 0 bridgehead atoms. The van der Waals surface area contributed by atoms with Crippen LogP contribution in [0.25, 0.3) is 10.8 Å². The molecule has 0 aliphatic carbocycles. The van der Waals surface area contributed by atoms with Gasteiger partial charge in [-0.15, -0.1) is 0 Å². The number of anilines is 1. The van der Waals surface area contributed by atoms with E-state index in [0.29, 0.717) is 6.32 Å². The fourth-order valence-corrected chi connectivity index (χ4v) is 10.0. The summed E-state index contributed by atoms with van der Waals surface area (Å²) in [5.74, 6) is 0. The maximum absolute atomic E-state index is 5.87. The van der Waals surface area contributed by atoms with E-state index in [1.165, 1.54) is 74.2 Å². The van der Waals surface area contributed by atoms with Crippen molar-refractivity contribution in [2.75, 3.05) is 18.0 Å². The van der Waals surface area contributed by atoms with Crippen LogP contribution in [0.15, 0.2) is 188 Å². The molecule has 2 aliphatic heterocycles. The monoisotopic (exact) mass is 800 g/mol. The first-order valence-corrected chi connectivity index (χ1v) is 22.7. The van der Waals surface area contributed by atoms with Gasteiger partial charge in [0.25, 0.3) is 0 Å². The summed E-state index contributed by atoms with van der Waals surface area (Å²) in [5, 5.41) is 2.70. The zero-order valence-electron chi connectivity index (χ0n) is 37.4. The Morgan fingerprint density at radius 1 is 0.607 bits per heavy atom. The maximum atomic E-state index is 5.87. The molecule has 0 spiro atoms. The Kier molecular flexibility index (Phi) is 13.8. The Hall–Kier alpha value is -5.67. The summed E-state index contributed by atoms with van der Waals surface area (Å²) >= 11 is 0. The Morgan fingerprint density at radius 3 is 1.80 bits per heavy atom. The maximum Gasteiger partial charge on any atom is 0.210 e. The highest BCUT2D eigenvalue weighted by Gasteiger charge is 2.45. The largest absolute Gasteiger partial charge is 0.626 e. The zero-order chi connectivity index (χ0) is 42.9. The van der Waals surface area contributed by atoms with Gasteiger partial charge in [0.15, 0.2) is 5.71 Å². The van der Waals surface area contributed by atoms with Gasteiger partial charge < -0.3 is 12.7 Å². The third-order valence-corrected chi connectivity index (χ3v) is 13.0. The molecule has 309 valence electrons. The topological polar surface area (TPSA) is 6.25 Å². The molecule has 2 nitrogen and oxygen atoms in total. The Balaban J connectivity index is 0.000000208. The number of fused-ring (bicyclic) bond motifs is 4. The van der Waals surface area contributed by atoms with Gasteiger partial charge in [-0.1, -0.05) is 192 Å². The van der Waals surface area contributed by atoms with Crippen molar-refractivity contribution in [1.29, 1.82) is 0 Å². The molecule has 61 heavy (non-hydrogen) atoms. The first-order valence-electron chi connectivity index (χ1n) is 22.7. The van der Waals surface area contributed by atoms with E-state index >= 15 is 0 Å². The summed E-state index contributed by atoms with van der Waals surface area (Å²) in [6, 6.07) is 54.7. The lowest BCUT2D eigenvalue weighted by molar-refractivity contribution is -0.438. The second kappa shape index (κ2) is 19.4. The summed E-state index contributed by atoms with van der Waals surface area (Å²) in [6.07, 6.45) is 17.5. The van der Waals surface area contributed by atoms with Gasteiger partial charge in [0.1, 0.15) is 6.54 Å². The number of benzene rings is 6. The lowest BCUT2D eigenvalue weighted by Gasteiger charge is -2.37. The van der Waals surface area contributed by atoms with Crippen molar-refractivity contribution in [3.05, 3.63) is 216 Å². The molecule has 0 fully saturated rings. The van der Waals surface area contributed by atoms with Gasteiger partial charge in [0.05, 0.1) is 5.41 Å². The SMILES string of the molecule is CCCC[N+]1=C(C=CC=CC=C2N(CCC)c3ccccc3C2(C)C)C(C)(C)c2c1ccc1ccccc21.[B-]CCCC(c1ccccc1)(c1ccccc1)c1ccccc1. The number of allylic oxidation sites excluding steroid dienone is 6. The van der Waals surface area contributed by atoms with Gasteiger partial charge in [0, 0.05) is 52.9 Å². The minimum absolute atomic E-state index is 0.00165. The van der Waals surface area contributed by atoms with Crippen LogP contribution in [0.3, 0.4) is 0 Å². The molecule has 0 saturated carbocycles. The number of hydrogen-bond donors (Lipinski definition) is 0. The zero-order valence-corrected chi connectivity index (χ0v) is 37.4. The number of hydrogen-bond acceptors (Lipinski definition) is 1.